The largest absolute Gasteiger partial charge is 0.492 e. The molecular formula is C13H16N2O3S. The van der Waals surface area contributed by atoms with Crippen LogP contribution in [0.15, 0.2) is 35.5 Å². The molecule has 0 radical (unpaired) electrons. The van der Waals surface area contributed by atoms with Gasteiger partial charge in [0.15, 0.2) is 0 Å². The van der Waals surface area contributed by atoms with Crippen molar-refractivity contribution in [1.82, 2.24) is 9.19 Å². The zero-order chi connectivity index (χ0) is 14.0. The first-order chi connectivity index (χ1) is 8.96. The molecule has 0 fully saturated rings. The first-order valence-corrected chi connectivity index (χ1v) is 7.40. The quantitative estimate of drug-likeness (QED) is 0.861. The van der Waals surface area contributed by atoms with Gasteiger partial charge in [0, 0.05) is 6.20 Å². The van der Waals surface area contributed by atoms with Crippen molar-refractivity contribution >= 4 is 10.0 Å². The van der Waals surface area contributed by atoms with E-state index >= 15 is 0 Å². The van der Waals surface area contributed by atoms with E-state index in [0.29, 0.717) is 12.4 Å². The van der Waals surface area contributed by atoms with Gasteiger partial charge in [-0.15, -0.1) is 0 Å². The van der Waals surface area contributed by atoms with Crippen molar-refractivity contribution in [2.24, 2.45) is 0 Å². The number of aromatic nitrogens is 2. The van der Waals surface area contributed by atoms with Crippen LogP contribution in [-0.2, 0) is 10.0 Å². The molecule has 0 aliphatic carbocycles. The average Bonchev–Trinajstić information content (AvgIpc) is 2.88. The molecule has 0 unspecified atom stereocenters. The lowest BCUT2D eigenvalue weighted by Gasteiger charge is -2.13. The lowest BCUT2D eigenvalue weighted by atomic mass is 10.1. The highest BCUT2D eigenvalue weighted by Gasteiger charge is 2.23. The van der Waals surface area contributed by atoms with E-state index in [9.17, 15) is 8.42 Å². The Morgan fingerprint density at radius 3 is 2.53 bits per heavy atom. The molecule has 0 aliphatic heterocycles. The second-order valence-corrected chi connectivity index (χ2v) is 5.96. The number of nitrogens with zero attached hydrogens (tertiary/aromatic N) is 2. The van der Waals surface area contributed by atoms with Crippen LogP contribution in [0.25, 0.3) is 0 Å². The summed E-state index contributed by atoms with van der Waals surface area (Å²) in [6, 6.07) is 4.94. The number of rotatable bonds is 4. The molecule has 5 nitrogen and oxygen atoms in total. The molecule has 0 amide bonds. The van der Waals surface area contributed by atoms with Gasteiger partial charge in [0.05, 0.1) is 12.8 Å². The number of benzene rings is 1. The standard InChI is InChI=1S/C13H16N2O3S/c1-4-18-12-8-10(2)11(3)9-13(12)19(16,17)15-7-5-6-14-15/h5-9H,4H2,1-3H3. The predicted octanol–water partition coefficient (Wildman–Crippen LogP) is 2.14. The van der Waals surface area contributed by atoms with Crippen LogP contribution in [0, 0.1) is 13.8 Å². The minimum Gasteiger partial charge on any atom is -0.492 e. The van der Waals surface area contributed by atoms with Gasteiger partial charge in [0.1, 0.15) is 10.6 Å². The summed E-state index contributed by atoms with van der Waals surface area (Å²) in [5.41, 5.74) is 1.89. The summed E-state index contributed by atoms with van der Waals surface area (Å²) in [5.74, 6) is 0.362. The normalized spacial score (nSPS) is 11.5. The van der Waals surface area contributed by atoms with E-state index in [1.165, 1.54) is 12.4 Å². The van der Waals surface area contributed by atoms with Crippen molar-refractivity contribution < 1.29 is 13.2 Å². The number of aryl methyl sites for hydroxylation is 2. The van der Waals surface area contributed by atoms with E-state index in [4.69, 9.17) is 4.74 Å². The second kappa shape index (κ2) is 5.05. The van der Waals surface area contributed by atoms with Gasteiger partial charge in [0.2, 0.25) is 0 Å². The first kappa shape index (κ1) is 13.6. The summed E-state index contributed by atoms with van der Waals surface area (Å²) >= 11 is 0. The van der Waals surface area contributed by atoms with Crippen molar-refractivity contribution in [1.29, 1.82) is 0 Å². The van der Waals surface area contributed by atoms with Crippen LogP contribution < -0.4 is 4.74 Å². The Balaban J connectivity index is 2.64. The third-order valence-electron chi connectivity index (χ3n) is 2.86. The van der Waals surface area contributed by atoms with Gasteiger partial charge in [-0.1, -0.05) is 0 Å². The highest BCUT2D eigenvalue weighted by Crippen LogP contribution is 2.28. The van der Waals surface area contributed by atoms with E-state index in [2.05, 4.69) is 5.10 Å². The molecule has 0 aliphatic rings. The molecule has 2 aromatic rings. The van der Waals surface area contributed by atoms with Gasteiger partial charge in [0.25, 0.3) is 10.0 Å². The van der Waals surface area contributed by atoms with E-state index in [0.717, 1.165) is 15.2 Å². The van der Waals surface area contributed by atoms with Crippen LogP contribution >= 0.6 is 0 Å². The van der Waals surface area contributed by atoms with Gasteiger partial charge >= 0.3 is 0 Å². The van der Waals surface area contributed by atoms with Gasteiger partial charge in [-0.05, 0) is 50.1 Å². The molecule has 0 spiro atoms. The molecule has 102 valence electrons. The monoisotopic (exact) mass is 280 g/mol. The molecule has 0 N–H and O–H groups in total. The molecule has 1 aromatic heterocycles. The Morgan fingerprint density at radius 1 is 1.26 bits per heavy atom. The fourth-order valence-corrected chi connectivity index (χ4v) is 3.04. The summed E-state index contributed by atoms with van der Waals surface area (Å²) in [5, 5.41) is 3.79. The molecule has 6 heteroatoms. The number of hydrogen-bond donors (Lipinski definition) is 0. The zero-order valence-corrected chi connectivity index (χ0v) is 11.9. The molecule has 0 atom stereocenters. The molecular weight excluding hydrogens is 264 g/mol. The topological polar surface area (TPSA) is 61.2 Å². The summed E-state index contributed by atoms with van der Waals surface area (Å²) in [6.07, 6.45) is 2.83. The SMILES string of the molecule is CCOc1cc(C)c(C)cc1S(=O)(=O)n1cccn1. The Labute approximate surface area is 112 Å². The maximum atomic E-state index is 12.5. The van der Waals surface area contributed by atoms with Crippen LogP contribution in [0.5, 0.6) is 5.75 Å². The molecule has 1 heterocycles. The fraction of sp³-hybridized carbons (Fsp3) is 0.308. The Morgan fingerprint density at radius 2 is 1.95 bits per heavy atom. The predicted molar refractivity (Wildman–Crippen MR) is 71.9 cm³/mol. The molecule has 0 saturated heterocycles. The maximum absolute atomic E-state index is 12.5. The van der Waals surface area contributed by atoms with Crippen LogP contribution in [-0.4, -0.2) is 24.2 Å². The van der Waals surface area contributed by atoms with Crippen LogP contribution in [0.3, 0.4) is 0 Å². The Hall–Kier alpha value is -1.82. The van der Waals surface area contributed by atoms with Crippen LogP contribution in [0.2, 0.25) is 0 Å². The Kier molecular flexibility index (Phi) is 3.61. The zero-order valence-electron chi connectivity index (χ0n) is 11.1. The summed E-state index contributed by atoms with van der Waals surface area (Å²) < 4.78 is 31.3. The van der Waals surface area contributed by atoms with Gasteiger partial charge in [-0.3, -0.25) is 0 Å². The third kappa shape index (κ3) is 2.49. The van der Waals surface area contributed by atoms with Crippen molar-refractivity contribution in [3.8, 4) is 5.75 Å². The van der Waals surface area contributed by atoms with Crippen LogP contribution in [0.1, 0.15) is 18.1 Å². The molecule has 19 heavy (non-hydrogen) atoms. The molecule has 0 saturated carbocycles. The second-order valence-electron chi connectivity index (χ2n) is 4.20. The van der Waals surface area contributed by atoms with E-state index < -0.39 is 10.0 Å². The van der Waals surface area contributed by atoms with Gasteiger partial charge < -0.3 is 4.74 Å². The average molecular weight is 280 g/mol. The first-order valence-electron chi connectivity index (χ1n) is 5.96. The summed E-state index contributed by atoms with van der Waals surface area (Å²) in [4.78, 5) is 0.140. The maximum Gasteiger partial charge on any atom is 0.286 e. The summed E-state index contributed by atoms with van der Waals surface area (Å²) in [6.45, 7) is 6.01. The summed E-state index contributed by atoms with van der Waals surface area (Å²) in [7, 11) is -3.71. The van der Waals surface area contributed by atoms with E-state index in [1.54, 1.807) is 18.2 Å². The molecule has 1 aromatic carbocycles. The highest BCUT2D eigenvalue weighted by molar-refractivity contribution is 7.90. The lowest BCUT2D eigenvalue weighted by molar-refractivity contribution is 0.330. The van der Waals surface area contributed by atoms with Gasteiger partial charge in [-0.2, -0.15) is 17.6 Å². The molecule has 2 rings (SSSR count). The van der Waals surface area contributed by atoms with Crippen LogP contribution in [0.4, 0.5) is 0 Å². The van der Waals surface area contributed by atoms with Crippen molar-refractivity contribution in [2.75, 3.05) is 6.61 Å². The van der Waals surface area contributed by atoms with E-state index in [1.807, 2.05) is 20.8 Å². The smallest absolute Gasteiger partial charge is 0.286 e. The van der Waals surface area contributed by atoms with Crippen molar-refractivity contribution in [3.63, 3.8) is 0 Å². The third-order valence-corrected chi connectivity index (χ3v) is 4.45. The number of hydrogen-bond acceptors (Lipinski definition) is 4. The van der Waals surface area contributed by atoms with E-state index in [-0.39, 0.29) is 4.90 Å². The highest BCUT2D eigenvalue weighted by atomic mass is 32.2. The van der Waals surface area contributed by atoms with Crippen molar-refractivity contribution in [3.05, 3.63) is 41.7 Å². The van der Waals surface area contributed by atoms with Gasteiger partial charge in [-0.25, -0.2) is 0 Å². The molecule has 0 bridgehead atoms. The lowest BCUT2D eigenvalue weighted by Crippen LogP contribution is -2.15. The number of ether oxygens (including phenoxy) is 1. The minimum atomic E-state index is -3.71. The fourth-order valence-electron chi connectivity index (χ4n) is 1.73. The minimum absolute atomic E-state index is 0.140. The Bertz CT molecular complexity index is 676. The van der Waals surface area contributed by atoms with Crippen molar-refractivity contribution in [2.45, 2.75) is 25.7 Å².